The lowest BCUT2D eigenvalue weighted by atomic mass is 9.98. The zero-order valence-corrected chi connectivity index (χ0v) is 12.0. The van der Waals surface area contributed by atoms with E-state index in [0.29, 0.717) is 18.9 Å². The summed E-state index contributed by atoms with van der Waals surface area (Å²) in [4.78, 5) is 3.75. The summed E-state index contributed by atoms with van der Waals surface area (Å²) in [5.41, 5.74) is 1.10. The van der Waals surface area contributed by atoms with Crippen molar-refractivity contribution in [2.24, 2.45) is 5.92 Å². The molecule has 3 nitrogen and oxygen atoms in total. The summed E-state index contributed by atoms with van der Waals surface area (Å²) in [5.74, 6) is 6.61. The fraction of sp³-hybridized carbons (Fsp3) is 0.600. The minimum absolute atomic E-state index is 0.126. The van der Waals surface area contributed by atoms with E-state index >= 15 is 0 Å². The Balaban J connectivity index is 1.90. The first-order chi connectivity index (χ1) is 9.33. The fourth-order valence-electron chi connectivity index (χ4n) is 2.32. The van der Waals surface area contributed by atoms with E-state index < -0.39 is 0 Å². The number of piperidine rings is 1. The average molecular weight is 279 g/mol. The Labute approximate surface area is 118 Å². The van der Waals surface area contributed by atoms with E-state index in [-0.39, 0.29) is 6.61 Å². The first-order valence-corrected chi connectivity index (χ1v) is 7.70. The van der Waals surface area contributed by atoms with Gasteiger partial charge in [-0.2, -0.15) is 0 Å². The predicted octanol–water partition coefficient (Wildman–Crippen LogP) is 1.69. The zero-order valence-electron chi connectivity index (χ0n) is 11.1. The molecule has 19 heavy (non-hydrogen) atoms. The van der Waals surface area contributed by atoms with Crippen LogP contribution in [0.3, 0.4) is 0 Å². The van der Waals surface area contributed by atoms with Gasteiger partial charge in [0.1, 0.15) is 0 Å². The summed E-state index contributed by atoms with van der Waals surface area (Å²) in [6.45, 7) is 3.53. The topological polar surface area (TPSA) is 43.7 Å². The molecular weight excluding hydrogens is 258 g/mol. The van der Waals surface area contributed by atoms with Gasteiger partial charge in [0.2, 0.25) is 0 Å². The Bertz CT molecular complexity index is 438. The Morgan fingerprint density at radius 2 is 2.11 bits per heavy atom. The Kier molecular flexibility index (Phi) is 5.87. The third-order valence-electron chi connectivity index (χ3n) is 3.54. The molecule has 0 aromatic carbocycles. The lowest BCUT2D eigenvalue weighted by Gasteiger charge is -2.30. The van der Waals surface area contributed by atoms with E-state index in [9.17, 15) is 0 Å². The maximum atomic E-state index is 9.14. The molecule has 0 aliphatic carbocycles. The van der Waals surface area contributed by atoms with E-state index in [0.717, 1.165) is 38.0 Å². The van der Waals surface area contributed by atoms with Crippen molar-refractivity contribution in [3.8, 4) is 11.8 Å². The summed E-state index contributed by atoms with van der Waals surface area (Å²) in [6.07, 6.45) is 2.72. The van der Waals surface area contributed by atoms with Crippen LogP contribution in [-0.2, 0) is 6.54 Å². The van der Waals surface area contributed by atoms with Crippen LogP contribution in [0.4, 0.5) is 0 Å². The number of hydrogen-bond acceptors (Lipinski definition) is 4. The van der Waals surface area contributed by atoms with Crippen LogP contribution in [0.1, 0.15) is 29.7 Å². The number of nitrogens with zero attached hydrogens (tertiary/aromatic N) is 1. The summed E-state index contributed by atoms with van der Waals surface area (Å²) in [7, 11) is 0. The molecule has 0 saturated carbocycles. The van der Waals surface area contributed by atoms with Gasteiger partial charge in [-0.05, 0) is 43.3 Å². The van der Waals surface area contributed by atoms with Gasteiger partial charge in [-0.25, -0.2) is 0 Å². The van der Waals surface area contributed by atoms with Crippen molar-refractivity contribution in [1.29, 1.82) is 0 Å². The minimum Gasteiger partial charge on any atom is -0.396 e. The number of thiophene rings is 1. The summed E-state index contributed by atoms with van der Waals surface area (Å²) >= 11 is 1.75. The molecule has 1 aliphatic heterocycles. The van der Waals surface area contributed by atoms with Gasteiger partial charge in [0, 0.05) is 30.0 Å². The van der Waals surface area contributed by atoms with Crippen molar-refractivity contribution in [2.45, 2.75) is 25.8 Å². The van der Waals surface area contributed by atoms with Gasteiger partial charge in [-0.3, -0.25) is 4.90 Å². The van der Waals surface area contributed by atoms with Crippen LogP contribution >= 0.6 is 11.3 Å². The van der Waals surface area contributed by atoms with Crippen LogP contribution in [-0.4, -0.2) is 41.4 Å². The van der Waals surface area contributed by atoms with Gasteiger partial charge in [0.05, 0.1) is 6.61 Å². The Morgan fingerprint density at radius 3 is 2.79 bits per heavy atom. The molecule has 1 aromatic rings. The van der Waals surface area contributed by atoms with Crippen molar-refractivity contribution in [3.63, 3.8) is 0 Å². The predicted molar refractivity (Wildman–Crippen MR) is 78.0 cm³/mol. The molecule has 1 saturated heterocycles. The third kappa shape index (κ3) is 4.32. The molecule has 1 fully saturated rings. The Hall–Kier alpha value is -0.860. The van der Waals surface area contributed by atoms with Crippen LogP contribution in [0, 0.1) is 17.8 Å². The minimum atomic E-state index is 0.126. The van der Waals surface area contributed by atoms with Gasteiger partial charge < -0.3 is 10.2 Å². The van der Waals surface area contributed by atoms with Crippen molar-refractivity contribution in [1.82, 2.24) is 4.90 Å². The first kappa shape index (κ1) is 14.5. The second-order valence-electron chi connectivity index (χ2n) is 4.93. The highest BCUT2D eigenvalue weighted by atomic mass is 32.1. The van der Waals surface area contributed by atoms with Crippen molar-refractivity contribution in [2.75, 3.05) is 26.3 Å². The zero-order chi connectivity index (χ0) is 13.5. The lowest BCUT2D eigenvalue weighted by Crippen LogP contribution is -2.34. The second-order valence-corrected chi connectivity index (χ2v) is 5.94. The summed E-state index contributed by atoms with van der Waals surface area (Å²) in [5, 5.41) is 20.0. The van der Waals surface area contributed by atoms with Crippen molar-refractivity contribution >= 4 is 11.3 Å². The normalized spacial score (nSPS) is 17.2. The number of aliphatic hydroxyl groups is 2. The fourth-order valence-corrected chi connectivity index (χ4v) is 3.19. The van der Waals surface area contributed by atoms with Crippen molar-refractivity contribution in [3.05, 3.63) is 21.9 Å². The molecule has 4 heteroatoms. The van der Waals surface area contributed by atoms with Crippen LogP contribution in [0.5, 0.6) is 0 Å². The molecule has 0 unspecified atom stereocenters. The molecule has 2 rings (SSSR count). The number of aliphatic hydroxyl groups excluding tert-OH is 2. The number of likely N-dealkylation sites (tertiary alicyclic amines) is 1. The molecule has 104 valence electrons. The molecular formula is C15H21NO2S. The summed E-state index contributed by atoms with van der Waals surface area (Å²) in [6, 6.07) is 2.06. The molecule has 1 aliphatic rings. The molecule has 2 N–H and O–H groups in total. The van der Waals surface area contributed by atoms with E-state index in [1.807, 2.05) is 0 Å². The monoisotopic (exact) mass is 279 g/mol. The van der Waals surface area contributed by atoms with E-state index in [2.05, 4.69) is 28.2 Å². The van der Waals surface area contributed by atoms with Gasteiger partial charge in [-0.1, -0.05) is 11.8 Å². The Morgan fingerprint density at radius 1 is 1.32 bits per heavy atom. The molecule has 0 atom stereocenters. The maximum absolute atomic E-state index is 9.14. The standard InChI is InChI=1S/C15H21NO2S/c17-9-2-1-3-14-6-10-19-15(14)11-16-7-4-13(12-18)5-8-16/h6,10,13,17-18H,2,4-5,7-9,11-12H2. The van der Waals surface area contributed by atoms with Gasteiger partial charge in [0.25, 0.3) is 0 Å². The average Bonchev–Trinajstić information content (AvgIpc) is 2.87. The van der Waals surface area contributed by atoms with Crippen LogP contribution in [0.15, 0.2) is 11.4 Å². The largest absolute Gasteiger partial charge is 0.396 e. The third-order valence-corrected chi connectivity index (χ3v) is 4.44. The molecule has 0 bridgehead atoms. The smallest absolute Gasteiger partial charge is 0.0540 e. The van der Waals surface area contributed by atoms with Crippen LogP contribution in [0.25, 0.3) is 0 Å². The van der Waals surface area contributed by atoms with E-state index in [1.54, 1.807) is 11.3 Å². The van der Waals surface area contributed by atoms with Crippen LogP contribution in [0.2, 0.25) is 0 Å². The SMILES string of the molecule is OCCC#Cc1ccsc1CN1CCC(CO)CC1. The maximum Gasteiger partial charge on any atom is 0.0540 e. The van der Waals surface area contributed by atoms with E-state index in [1.165, 1.54) is 4.88 Å². The highest BCUT2D eigenvalue weighted by Crippen LogP contribution is 2.22. The first-order valence-electron chi connectivity index (χ1n) is 6.82. The number of rotatable bonds is 4. The number of hydrogen-bond donors (Lipinski definition) is 2. The molecule has 0 radical (unpaired) electrons. The highest BCUT2D eigenvalue weighted by Gasteiger charge is 2.19. The highest BCUT2D eigenvalue weighted by molar-refractivity contribution is 7.10. The molecule has 0 spiro atoms. The quantitative estimate of drug-likeness (QED) is 0.824. The van der Waals surface area contributed by atoms with Gasteiger partial charge in [0.15, 0.2) is 0 Å². The van der Waals surface area contributed by atoms with Crippen LogP contribution < -0.4 is 0 Å². The van der Waals surface area contributed by atoms with E-state index in [4.69, 9.17) is 10.2 Å². The molecule has 0 amide bonds. The second kappa shape index (κ2) is 7.66. The van der Waals surface area contributed by atoms with Gasteiger partial charge in [-0.15, -0.1) is 11.3 Å². The van der Waals surface area contributed by atoms with Crippen molar-refractivity contribution < 1.29 is 10.2 Å². The van der Waals surface area contributed by atoms with Gasteiger partial charge >= 0.3 is 0 Å². The molecule has 2 heterocycles. The summed E-state index contributed by atoms with van der Waals surface area (Å²) < 4.78 is 0. The lowest BCUT2D eigenvalue weighted by molar-refractivity contribution is 0.128. The molecule has 1 aromatic heterocycles.